The van der Waals surface area contributed by atoms with Crippen LogP contribution in [0.1, 0.15) is 13.8 Å². The number of carbonyl (C=O) groups is 2. The van der Waals surface area contributed by atoms with Crippen LogP contribution >= 0.6 is 11.8 Å². The van der Waals surface area contributed by atoms with Gasteiger partial charge in [-0.3, -0.25) is 9.59 Å². The molecule has 0 atom stereocenters. The van der Waals surface area contributed by atoms with Crippen molar-refractivity contribution in [3.8, 4) is 11.4 Å². The Hall–Kier alpha value is -2.35. The molecule has 0 saturated carbocycles. The van der Waals surface area contributed by atoms with Gasteiger partial charge in [0.1, 0.15) is 0 Å². The van der Waals surface area contributed by atoms with Crippen molar-refractivity contribution in [1.29, 1.82) is 0 Å². The zero-order valence-corrected chi connectivity index (χ0v) is 14.6. The monoisotopic (exact) mass is 349 g/mol. The predicted molar refractivity (Wildman–Crippen MR) is 89.4 cm³/mol. The number of benzene rings is 1. The van der Waals surface area contributed by atoms with Gasteiger partial charge in [-0.15, -0.1) is 10.2 Å². The van der Waals surface area contributed by atoms with E-state index in [4.69, 9.17) is 9.47 Å². The number of carbonyl (C=O) groups excluding carboxylic acids is 2. The summed E-state index contributed by atoms with van der Waals surface area (Å²) in [6.07, 6.45) is 0. The first-order chi connectivity index (χ1) is 11.6. The van der Waals surface area contributed by atoms with E-state index in [0.717, 1.165) is 17.3 Å². The van der Waals surface area contributed by atoms with Crippen molar-refractivity contribution in [3.63, 3.8) is 0 Å². The van der Waals surface area contributed by atoms with Crippen molar-refractivity contribution in [3.05, 3.63) is 30.3 Å². The number of hydrogen-bond acceptors (Lipinski definition) is 7. The molecule has 0 amide bonds. The van der Waals surface area contributed by atoms with Crippen LogP contribution in [-0.2, 0) is 26.1 Å². The summed E-state index contributed by atoms with van der Waals surface area (Å²) >= 11 is 0.967. The van der Waals surface area contributed by atoms with Gasteiger partial charge in [0.2, 0.25) is 5.25 Å². The van der Waals surface area contributed by atoms with Gasteiger partial charge in [-0.25, -0.2) is 0 Å². The summed E-state index contributed by atoms with van der Waals surface area (Å²) in [6.45, 7) is 3.73. The fraction of sp³-hybridized carbons (Fsp3) is 0.375. The molecule has 0 N–H and O–H groups in total. The summed E-state index contributed by atoms with van der Waals surface area (Å²) in [7, 11) is 1.78. The summed E-state index contributed by atoms with van der Waals surface area (Å²) in [4.78, 5) is 24.1. The van der Waals surface area contributed by atoms with E-state index in [1.54, 1.807) is 25.5 Å². The molecule has 0 spiro atoms. The number of nitrogens with zero attached hydrogens (tertiary/aromatic N) is 3. The van der Waals surface area contributed by atoms with E-state index in [0.29, 0.717) is 11.0 Å². The molecule has 0 fully saturated rings. The molecule has 0 aliphatic rings. The van der Waals surface area contributed by atoms with E-state index in [-0.39, 0.29) is 13.2 Å². The maximum Gasteiger partial charge on any atom is 0.331 e. The van der Waals surface area contributed by atoms with Gasteiger partial charge in [-0.05, 0) is 13.8 Å². The van der Waals surface area contributed by atoms with Gasteiger partial charge in [0.15, 0.2) is 11.0 Å². The first-order valence-electron chi connectivity index (χ1n) is 7.53. The fourth-order valence-electron chi connectivity index (χ4n) is 1.99. The molecule has 0 aliphatic heterocycles. The number of esters is 2. The van der Waals surface area contributed by atoms with E-state index in [1.165, 1.54) is 0 Å². The lowest BCUT2D eigenvalue weighted by Gasteiger charge is -2.13. The van der Waals surface area contributed by atoms with Crippen LogP contribution in [0, 0.1) is 0 Å². The number of rotatable bonds is 7. The Bertz CT molecular complexity index is 685. The maximum atomic E-state index is 12.1. The van der Waals surface area contributed by atoms with Crippen molar-refractivity contribution in [2.24, 2.45) is 7.05 Å². The lowest BCUT2D eigenvalue weighted by atomic mass is 10.2. The quantitative estimate of drug-likeness (QED) is 0.430. The van der Waals surface area contributed by atoms with Crippen molar-refractivity contribution in [2.45, 2.75) is 24.3 Å². The molecule has 128 valence electrons. The van der Waals surface area contributed by atoms with Gasteiger partial charge in [0.25, 0.3) is 0 Å². The topological polar surface area (TPSA) is 83.3 Å². The maximum absolute atomic E-state index is 12.1. The zero-order chi connectivity index (χ0) is 17.5. The van der Waals surface area contributed by atoms with Crippen LogP contribution in [0.2, 0.25) is 0 Å². The van der Waals surface area contributed by atoms with Crippen molar-refractivity contribution in [2.75, 3.05) is 13.2 Å². The first kappa shape index (κ1) is 18.0. The SMILES string of the molecule is CCOC(=O)C(Sc1nnc(-c2ccccc2)n1C)C(=O)OCC. The number of hydrogen-bond donors (Lipinski definition) is 0. The molecule has 8 heteroatoms. The van der Waals surface area contributed by atoms with Gasteiger partial charge >= 0.3 is 11.9 Å². The molecule has 24 heavy (non-hydrogen) atoms. The second-order valence-corrected chi connectivity index (χ2v) is 5.81. The molecular formula is C16H19N3O4S. The third-order valence-electron chi connectivity index (χ3n) is 3.09. The molecule has 0 bridgehead atoms. The lowest BCUT2D eigenvalue weighted by Crippen LogP contribution is -2.31. The minimum atomic E-state index is -1.13. The van der Waals surface area contributed by atoms with Gasteiger partial charge in [-0.1, -0.05) is 42.1 Å². The number of thioether (sulfide) groups is 1. The van der Waals surface area contributed by atoms with Gasteiger partial charge in [-0.2, -0.15) is 0 Å². The molecule has 2 rings (SSSR count). The van der Waals surface area contributed by atoms with Crippen LogP contribution in [0.15, 0.2) is 35.5 Å². The highest BCUT2D eigenvalue weighted by Crippen LogP contribution is 2.27. The Morgan fingerprint density at radius 2 is 1.67 bits per heavy atom. The van der Waals surface area contributed by atoms with E-state index in [9.17, 15) is 9.59 Å². The third kappa shape index (κ3) is 4.14. The lowest BCUT2D eigenvalue weighted by molar-refractivity contribution is -0.152. The van der Waals surface area contributed by atoms with Crippen molar-refractivity contribution < 1.29 is 19.1 Å². The minimum absolute atomic E-state index is 0.184. The Kier molecular flexibility index (Phi) is 6.36. The molecule has 7 nitrogen and oxygen atoms in total. The third-order valence-corrected chi connectivity index (χ3v) is 4.28. The summed E-state index contributed by atoms with van der Waals surface area (Å²) in [5, 5.41) is 7.52. The van der Waals surface area contributed by atoms with Crippen LogP contribution in [0.25, 0.3) is 11.4 Å². The molecule has 1 aromatic heterocycles. The highest BCUT2D eigenvalue weighted by atomic mass is 32.2. The highest BCUT2D eigenvalue weighted by Gasteiger charge is 2.32. The van der Waals surface area contributed by atoms with E-state index >= 15 is 0 Å². The second-order valence-electron chi connectivity index (χ2n) is 4.73. The highest BCUT2D eigenvalue weighted by molar-refractivity contribution is 8.01. The average molecular weight is 349 g/mol. The second kappa shape index (κ2) is 8.49. The summed E-state index contributed by atoms with van der Waals surface area (Å²) < 4.78 is 11.6. The minimum Gasteiger partial charge on any atom is -0.465 e. The van der Waals surface area contributed by atoms with E-state index in [1.807, 2.05) is 30.3 Å². The fourth-order valence-corrected chi connectivity index (χ4v) is 2.86. The molecule has 0 saturated heterocycles. The zero-order valence-electron chi connectivity index (χ0n) is 13.8. The van der Waals surface area contributed by atoms with Crippen LogP contribution in [0.5, 0.6) is 0 Å². The normalized spacial score (nSPS) is 10.7. The summed E-state index contributed by atoms with van der Waals surface area (Å²) in [6, 6.07) is 9.53. The molecule has 0 aliphatic carbocycles. The smallest absolute Gasteiger partial charge is 0.331 e. The van der Waals surface area contributed by atoms with Crippen molar-refractivity contribution >= 4 is 23.7 Å². The van der Waals surface area contributed by atoms with Crippen LogP contribution < -0.4 is 0 Å². The van der Waals surface area contributed by atoms with Crippen LogP contribution in [0.4, 0.5) is 0 Å². The van der Waals surface area contributed by atoms with Crippen molar-refractivity contribution in [1.82, 2.24) is 14.8 Å². The number of ether oxygens (including phenoxy) is 2. The van der Waals surface area contributed by atoms with Crippen LogP contribution in [0.3, 0.4) is 0 Å². The first-order valence-corrected chi connectivity index (χ1v) is 8.41. The van der Waals surface area contributed by atoms with E-state index < -0.39 is 17.2 Å². The molecular weight excluding hydrogens is 330 g/mol. The average Bonchev–Trinajstić information content (AvgIpc) is 2.94. The van der Waals surface area contributed by atoms with Gasteiger partial charge in [0, 0.05) is 12.6 Å². The molecule has 2 aromatic rings. The van der Waals surface area contributed by atoms with Crippen LogP contribution in [-0.4, -0.2) is 45.2 Å². The Labute approximate surface area is 144 Å². The van der Waals surface area contributed by atoms with E-state index in [2.05, 4.69) is 10.2 Å². The summed E-state index contributed by atoms with van der Waals surface area (Å²) in [5.41, 5.74) is 0.892. The predicted octanol–water partition coefficient (Wildman–Crippen LogP) is 2.07. The van der Waals surface area contributed by atoms with Gasteiger partial charge < -0.3 is 14.0 Å². The standard InChI is InChI=1S/C16H19N3O4S/c1-4-22-14(20)12(15(21)23-5-2)24-16-18-17-13(19(16)3)11-9-7-6-8-10-11/h6-10,12H,4-5H2,1-3H3. The molecule has 0 unspecified atom stereocenters. The molecule has 0 radical (unpaired) electrons. The Balaban J connectivity index is 2.25. The number of aromatic nitrogens is 3. The molecule has 1 heterocycles. The largest absolute Gasteiger partial charge is 0.465 e. The Morgan fingerprint density at radius 3 is 2.21 bits per heavy atom. The summed E-state index contributed by atoms with van der Waals surface area (Å²) in [5.74, 6) is -0.653. The van der Waals surface area contributed by atoms with Gasteiger partial charge in [0.05, 0.1) is 13.2 Å². The molecule has 1 aromatic carbocycles. The Morgan fingerprint density at radius 1 is 1.08 bits per heavy atom.